The summed E-state index contributed by atoms with van der Waals surface area (Å²) in [4.78, 5) is 7.43. The fourth-order valence-corrected chi connectivity index (χ4v) is 4.16. The lowest BCUT2D eigenvalue weighted by molar-refractivity contribution is 0.0336. The van der Waals surface area contributed by atoms with Gasteiger partial charge in [0.2, 0.25) is 0 Å². The molecule has 4 aromatic rings. The maximum absolute atomic E-state index is 6.12. The highest BCUT2D eigenvalue weighted by atomic mass is 35.5. The molecule has 0 amide bonds. The van der Waals surface area contributed by atoms with Gasteiger partial charge in [-0.05, 0) is 35.7 Å². The maximum atomic E-state index is 6.12. The number of imidazole rings is 1. The number of morpholine rings is 1. The van der Waals surface area contributed by atoms with Gasteiger partial charge >= 0.3 is 0 Å². The van der Waals surface area contributed by atoms with Gasteiger partial charge in [-0.25, -0.2) is 4.98 Å². The quantitative estimate of drug-likeness (QED) is 0.453. The highest BCUT2D eigenvalue weighted by Gasteiger charge is 2.19. The SMILES string of the molecule is Clc1ccc(-c2nc3ccc(Cc4ccccc4)cn3c2CN2CCOCC2)cc1. The minimum Gasteiger partial charge on any atom is -0.379 e. The van der Waals surface area contributed by atoms with E-state index in [9.17, 15) is 0 Å². The van der Waals surface area contributed by atoms with Gasteiger partial charge in [0.25, 0.3) is 0 Å². The molecule has 2 aromatic heterocycles. The van der Waals surface area contributed by atoms with Crippen LogP contribution in [-0.4, -0.2) is 40.6 Å². The van der Waals surface area contributed by atoms with Crippen LogP contribution in [0.3, 0.4) is 0 Å². The number of rotatable bonds is 5. The van der Waals surface area contributed by atoms with Crippen molar-refractivity contribution in [2.75, 3.05) is 26.3 Å². The largest absolute Gasteiger partial charge is 0.379 e. The molecule has 0 bridgehead atoms. The Morgan fingerprint density at radius 3 is 2.40 bits per heavy atom. The molecule has 3 heterocycles. The molecule has 1 aliphatic rings. The number of hydrogen-bond donors (Lipinski definition) is 0. The lowest BCUT2D eigenvalue weighted by Gasteiger charge is -2.26. The lowest BCUT2D eigenvalue weighted by Crippen LogP contribution is -2.36. The Morgan fingerprint density at radius 1 is 0.867 bits per heavy atom. The van der Waals surface area contributed by atoms with E-state index in [1.165, 1.54) is 16.8 Å². The molecule has 4 nitrogen and oxygen atoms in total. The predicted molar refractivity (Wildman–Crippen MR) is 121 cm³/mol. The van der Waals surface area contributed by atoms with Gasteiger partial charge in [-0.15, -0.1) is 0 Å². The topological polar surface area (TPSA) is 29.8 Å². The number of pyridine rings is 1. The molecule has 5 heteroatoms. The first kappa shape index (κ1) is 19.3. The Kier molecular flexibility index (Phi) is 5.54. The van der Waals surface area contributed by atoms with Crippen molar-refractivity contribution in [1.29, 1.82) is 0 Å². The molecule has 1 saturated heterocycles. The number of fused-ring (bicyclic) bond motifs is 1. The second-order valence-corrected chi connectivity index (χ2v) is 8.17. The minimum atomic E-state index is 0.738. The Hall–Kier alpha value is -2.66. The first-order valence-electron chi connectivity index (χ1n) is 10.4. The van der Waals surface area contributed by atoms with Crippen molar-refractivity contribution in [2.45, 2.75) is 13.0 Å². The zero-order chi connectivity index (χ0) is 20.3. The molecule has 0 aliphatic carbocycles. The van der Waals surface area contributed by atoms with Crippen molar-refractivity contribution < 1.29 is 4.74 Å². The molecule has 30 heavy (non-hydrogen) atoms. The zero-order valence-corrected chi connectivity index (χ0v) is 17.6. The molecule has 152 valence electrons. The third-order valence-electron chi connectivity index (χ3n) is 5.62. The summed E-state index contributed by atoms with van der Waals surface area (Å²) in [6.45, 7) is 4.30. The number of hydrogen-bond acceptors (Lipinski definition) is 3. The van der Waals surface area contributed by atoms with E-state index in [-0.39, 0.29) is 0 Å². The van der Waals surface area contributed by atoms with Gasteiger partial charge in [-0.1, -0.05) is 60.1 Å². The Labute approximate surface area is 181 Å². The molecule has 5 rings (SSSR count). The van der Waals surface area contributed by atoms with Crippen molar-refractivity contribution in [3.8, 4) is 11.3 Å². The molecule has 0 atom stereocenters. The average molecular weight is 418 g/mol. The highest BCUT2D eigenvalue weighted by Crippen LogP contribution is 2.28. The summed E-state index contributed by atoms with van der Waals surface area (Å²) in [6, 6.07) is 22.9. The number of ether oxygens (including phenoxy) is 1. The second-order valence-electron chi connectivity index (χ2n) is 7.73. The van der Waals surface area contributed by atoms with Crippen molar-refractivity contribution in [3.63, 3.8) is 0 Å². The molecular weight excluding hydrogens is 394 g/mol. The number of nitrogens with zero attached hydrogens (tertiary/aromatic N) is 3. The van der Waals surface area contributed by atoms with Crippen LogP contribution in [-0.2, 0) is 17.7 Å². The van der Waals surface area contributed by atoms with Gasteiger partial charge in [0, 0.05) is 36.4 Å². The molecular formula is C25H24ClN3O. The number of benzene rings is 2. The minimum absolute atomic E-state index is 0.738. The monoisotopic (exact) mass is 417 g/mol. The summed E-state index contributed by atoms with van der Waals surface area (Å²) in [5.41, 5.74) is 6.89. The van der Waals surface area contributed by atoms with Crippen LogP contribution in [0.1, 0.15) is 16.8 Å². The third kappa shape index (κ3) is 4.12. The van der Waals surface area contributed by atoms with Gasteiger partial charge in [0.15, 0.2) is 0 Å². The van der Waals surface area contributed by atoms with E-state index in [0.717, 1.165) is 61.2 Å². The van der Waals surface area contributed by atoms with E-state index < -0.39 is 0 Å². The Balaban J connectivity index is 1.57. The number of halogens is 1. The van der Waals surface area contributed by atoms with E-state index in [1.54, 1.807) is 0 Å². The molecule has 0 saturated carbocycles. The van der Waals surface area contributed by atoms with Crippen molar-refractivity contribution in [1.82, 2.24) is 14.3 Å². The van der Waals surface area contributed by atoms with Crippen LogP contribution in [0.4, 0.5) is 0 Å². The van der Waals surface area contributed by atoms with E-state index in [1.807, 2.05) is 12.1 Å². The van der Waals surface area contributed by atoms with Gasteiger partial charge in [-0.3, -0.25) is 4.90 Å². The smallest absolute Gasteiger partial charge is 0.137 e. The van der Waals surface area contributed by atoms with E-state index in [2.05, 4.69) is 70.1 Å². The summed E-state index contributed by atoms with van der Waals surface area (Å²) in [7, 11) is 0. The molecule has 0 radical (unpaired) electrons. The Bertz CT molecular complexity index is 1130. The van der Waals surface area contributed by atoms with Crippen LogP contribution in [0, 0.1) is 0 Å². The van der Waals surface area contributed by atoms with Crippen LogP contribution in [0.25, 0.3) is 16.9 Å². The van der Waals surface area contributed by atoms with Crippen LogP contribution in [0.2, 0.25) is 5.02 Å². The highest BCUT2D eigenvalue weighted by molar-refractivity contribution is 6.30. The van der Waals surface area contributed by atoms with E-state index >= 15 is 0 Å². The maximum Gasteiger partial charge on any atom is 0.137 e. The van der Waals surface area contributed by atoms with E-state index in [0.29, 0.717) is 0 Å². The molecule has 1 aliphatic heterocycles. The zero-order valence-electron chi connectivity index (χ0n) is 16.8. The molecule has 1 fully saturated rings. The van der Waals surface area contributed by atoms with Crippen LogP contribution in [0.5, 0.6) is 0 Å². The molecule has 0 spiro atoms. The third-order valence-corrected chi connectivity index (χ3v) is 5.88. The summed E-state index contributed by atoms with van der Waals surface area (Å²) in [5, 5.41) is 0.738. The summed E-state index contributed by atoms with van der Waals surface area (Å²) < 4.78 is 7.80. The average Bonchev–Trinajstić information content (AvgIpc) is 3.13. The number of aromatic nitrogens is 2. The molecule has 2 aromatic carbocycles. The Morgan fingerprint density at radius 2 is 1.63 bits per heavy atom. The normalized spacial score (nSPS) is 15.0. The van der Waals surface area contributed by atoms with Gasteiger partial charge in [-0.2, -0.15) is 0 Å². The van der Waals surface area contributed by atoms with Gasteiger partial charge < -0.3 is 9.14 Å². The lowest BCUT2D eigenvalue weighted by atomic mass is 10.1. The van der Waals surface area contributed by atoms with Gasteiger partial charge in [0.1, 0.15) is 5.65 Å². The fourth-order valence-electron chi connectivity index (χ4n) is 4.03. The second kappa shape index (κ2) is 8.60. The molecule has 0 N–H and O–H groups in total. The predicted octanol–water partition coefficient (Wildman–Crippen LogP) is 5.08. The fraction of sp³-hybridized carbons (Fsp3) is 0.240. The van der Waals surface area contributed by atoms with Crippen LogP contribution < -0.4 is 0 Å². The summed E-state index contributed by atoms with van der Waals surface area (Å²) >= 11 is 6.12. The first-order valence-corrected chi connectivity index (χ1v) is 10.7. The van der Waals surface area contributed by atoms with Crippen LogP contribution in [0.15, 0.2) is 72.9 Å². The van der Waals surface area contributed by atoms with Crippen molar-refractivity contribution >= 4 is 17.2 Å². The summed E-state index contributed by atoms with van der Waals surface area (Å²) in [6.07, 6.45) is 3.15. The van der Waals surface area contributed by atoms with E-state index in [4.69, 9.17) is 21.3 Å². The van der Waals surface area contributed by atoms with Crippen molar-refractivity contribution in [2.24, 2.45) is 0 Å². The van der Waals surface area contributed by atoms with Gasteiger partial charge in [0.05, 0.1) is 24.6 Å². The van der Waals surface area contributed by atoms with Crippen molar-refractivity contribution in [3.05, 3.63) is 94.8 Å². The first-order chi connectivity index (χ1) is 14.8. The summed E-state index contributed by atoms with van der Waals surface area (Å²) in [5.74, 6) is 0. The standard InChI is InChI=1S/C25H24ClN3O/c26-22-9-7-21(8-10-22)25-23(18-28-12-14-30-15-13-28)29-17-20(6-11-24(29)27-25)16-19-4-2-1-3-5-19/h1-11,17H,12-16,18H2. The van der Waals surface area contributed by atoms with Crippen LogP contribution >= 0.6 is 11.6 Å². The molecule has 0 unspecified atom stereocenters.